The van der Waals surface area contributed by atoms with Gasteiger partial charge in [0.25, 0.3) is 11.8 Å². The van der Waals surface area contributed by atoms with Gasteiger partial charge >= 0.3 is 0 Å². The van der Waals surface area contributed by atoms with Gasteiger partial charge in [0.15, 0.2) is 5.69 Å². The third-order valence-electron chi connectivity index (χ3n) is 4.30. The van der Waals surface area contributed by atoms with E-state index < -0.39 is 21.8 Å². The van der Waals surface area contributed by atoms with Crippen LogP contribution in [0.2, 0.25) is 0 Å². The van der Waals surface area contributed by atoms with E-state index in [0.29, 0.717) is 13.1 Å². The molecule has 0 aliphatic carbocycles. The summed E-state index contributed by atoms with van der Waals surface area (Å²) in [6, 6.07) is 5.50. The lowest BCUT2D eigenvalue weighted by molar-refractivity contribution is -0.129. The van der Waals surface area contributed by atoms with Crippen molar-refractivity contribution in [2.75, 3.05) is 27.2 Å². The molecule has 0 radical (unpaired) electrons. The molecule has 0 atom stereocenters. The number of benzene rings is 1. The monoisotopic (exact) mass is 451 g/mol. The molecule has 0 saturated heterocycles. The lowest BCUT2D eigenvalue weighted by Gasteiger charge is -2.18. The number of nitrogens with one attached hydrogen (secondary N) is 2. The summed E-state index contributed by atoms with van der Waals surface area (Å²) in [7, 11) is -0.555. The molecule has 0 bridgehead atoms. The normalized spacial score (nSPS) is 11.3. The molecule has 12 nitrogen and oxygen atoms in total. The first kappa shape index (κ1) is 24.0. The standard InChI is InChI=1S/C18H25N7O5S/c1-5-25(6-2)31(29,30)14-9-7-8-13(10-14)17(27)20-21-18(28)15-11-24(22-19-15)12-16(26)23(3)4/h7-11H,5-6,12H2,1-4H3,(H,20,27)(H,21,28). The molecule has 2 aromatic rings. The second-order valence-corrected chi connectivity index (χ2v) is 8.55. The van der Waals surface area contributed by atoms with Crippen molar-refractivity contribution in [3.8, 4) is 0 Å². The van der Waals surface area contributed by atoms with Crippen molar-refractivity contribution in [2.24, 2.45) is 0 Å². The molecule has 0 unspecified atom stereocenters. The van der Waals surface area contributed by atoms with E-state index in [0.717, 1.165) is 0 Å². The minimum Gasteiger partial charge on any atom is -0.347 e. The number of hydrazine groups is 1. The summed E-state index contributed by atoms with van der Waals surface area (Å²) in [6.07, 6.45) is 1.26. The number of carbonyl (C=O) groups is 3. The number of carbonyl (C=O) groups excluding carboxylic acids is 3. The highest BCUT2D eigenvalue weighted by atomic mass is 32.2. The first-order valence-electron chi connectivity index (χ1n) is 9.41. The van der Waals surface area contributed by atoms with Gasteiger partial charge in [-0.25, -0.2) is 13.1 Å². The molecule has 0 aliphatic heterocycles. The van der Waals surface area contributed by atoms with E-state index >= 15 is 0 Å². The van der Waals surface area contributed by atoms with Crippen molar-refractivity contribution in [2.45, 2.75) is 25.3 Å². The molecule has 2 rings (SSSR count). The molecule has 1 aromatic carbocycles. The molecule has 0 fully saturated rings. The fourth-order valence-corrected chi connectivity index (χ4v) is 4.02. The Morgan fingerprint density at radius 3 is 2.32 bits per heavy atom. The van der Waals surface area contributed by atoms with Crippen molar-refractivity contribution in [1.82, 2.24) is 35.1 Å². The summed E-state index contributed by atoms with van der Waals surface area (Å²) in [5.74, 6) is -1.69. The van der Waals surface area contributed by atoms with Crippen LogP contribution >= 0.6 is 0 Å². The summed E-state index contributed by atoms with van der Waals surface area (Å²) in [6.45, 7) is 3.95. The minimum atomic E-state index is -3.73. The fraction of sp³-hybridized carbons (Fsp3) is 0.389. The maximum absolute atomic E-state index is 12.6. The minimum absolute atomic E-state index is 0.0244. The highest BCUT2D eigenvalue weighted by molar-refractivity contribution is 7.89. The van der Waals surface area contributed by atoms with Gasteiger partial charge in [0, 0.05) is 32.7 Å². The van der Waals surface area contributed by atoms with E-state index in [2.05, 4.69) is 21.2 Å². The van der Waals surface area contributed by atoms with Gasteiger partial charge in [-0.15, -0.1) is 5.10 Å². The number of nitrogens with zero attached hydrogens (tertiary/aromatic N) is 5. The Bertz CT molecular complexity index is 1060. The lowest BCUT2D eigenvalue weighted by Crippen LogP contribution is -2.41. The smallest absolute Gasteiger partial charge is 0.291 e. The highest BCUT2D eigenvalue weighted by Crippen LogP contribution is 2.16. The van der Waals surface area contributed by atoms with Crippen LogP contribution < -0.4 is 10.9 Å². The van der Waals surface area contributed by atoms with Crippen LogP contribution in [0.1, 0.15) is 34.7 Å². The van der Waals surface area contributed by atoms with Crippen molar-refractivity contribution in [3.05, 3.63) is 41.7 Å². The molecule has 0 aliphatic rings. The van der Waals surface area contributed by atoms with Crippen LogP contribution in [-0.2, 0) is 21.4 Å². The topological polar surface area (TPSA) is 147 Å². The molecule has 31 heavy (non-hydrogen) atoms. The Hall–Kier alpha value is -3.32. The Kier molecular flexibility index (Phi) is 7.83. The van der Waals surface area contributed by atoms with E-state index in [9.17, 15) is 22.8 Å². The van der Waals surface area contributed by atoms with Gasteiger partial charge in [-0.05, 0) is 18.2 Å². The van der Waals surface area contributed by atoms with Crippen molar-refractivity contribution >= 4 is 27.7 Å². The van der Waals surface area contributed by atoms with Crippen molar-refractivity contribution in [1.29, 1.82) is 0 Å². The van der Waals surface area contributed by atoms with E-state index in [1.165, 1.54) is 44.3 Å². The summed E-state index contributed by atoms with van der Waals surface area (Å²) in [4.78, 5) is 37.6. The Balaban J connectivity index is 2.04. The zero-order valence-corrected chi connectivity index (χ0v) is 18.5. The molecular formula is C18H25N7O5S. The third kappa shape index (κ3) is 5.86. The van der Waals surface area contributed by atoms with E-state index in [1.807, 2.05) is 0 Å². The number of hydrogen-bond donors (Lipinski definition) is 2. The van der Waals surface area contributed by atoms with E-state index in [-0.39, 0.29) is 28.6 Å². The Morgan fingerprint density at radius 1 is 1.06 bits per heavy atom. The van der Waals surface area contributed by atoms with Crippen LogP contribution in [0.15, 0.2) is 35.4 Å². The second-order valence-electron chi connectivity index (χ2n) is 6.61. The molecule has 2 N–H and O–H groups in total. The SMILES string of the molecule is CCN(CC)S(=O)(=O)c1cccc(C(=O)NNC(=O)c2cn(CC(=O)N(C)C)nn2)c1. The zero-order valence-electron chi connectivity index (χ0n) is 17.7. The highest BCUT2D eigenvalue weighted by Gasteiger charge is 2.23. The van der Waals surface area contributed by atoms with E-state index in [4.69, 9.17) is 0 Å². The molecule has 13 heteroatoms. The first-order valence-corrected chi connectivity index (χ1v) is 10.8. The van der Waals surface area contributed by atoms with Crippen LogP contribution in [0.5, 0.6) is 0 Å². The van der Waals surface area contributed by atoms with Gasteiger partial charge in [0.2, 0.25) is 15.9 Å². The van der Waals surface area contributed by atoms with Gasteiger partial charge in [-0.3, -0.25) is 25.2 Å². The number of aromatic nitrogens is 3. The molecule has 1 heterocycles. The van der Waals surface area contributed by atoms with Crippen LogP contribution in [0, 0.1) is 0 Å². The molecular weight excluding hydrogens is 426 g/mol. The Labute approximate surface area is 180 Å². The number of rotatable bonds is 8. The van der Waals surface area contributed by atoms with Gasteiger partial charge < -0.3 is 4.90 Å². The second kappa shape index (κ2) is 10.1. The summed E-state index contributed by atoms with van der Waals surface area (Å²) in [5, 5.41) is 7.35. The Morgan fingerprint density at radius 2 is 1.71 bits per heavy atom. The molecule has 1 aromatic heterocycles. The molecule has 3 amide bonds. The number of hydrogen-bond acceptors (Lipinski definition) is 7. The zero-order chi connectivity index (χ0) is 23.2. The quantitative estimate of drug-likeness (QED) is 0.513. The van der Waals surface area contributed by atoms with Crippen LogP contribution in [0.25, 0.3) is 0 Å². The largest absolute Gasteiger partial charge is 0.347 e. The maximum atomic E-state index is 12.6. The number of sulfonamides is 1. The predicted molar refractivity (Wildman–Crippen MR) is 110 cm³/mol. The first-order chi connectivity index (χ1) is 14.6. The van der Waals surface area contributed by atoms with Crippen molar-refractivity contribution in [3.63, 3.8) is 0 Å². The number of amides is 3. The third-order valence-corrected chi connectivity index (χ3v) is 6.34. The van der Waals surface area contributed by atoms with Crippen LogP contribution in [0.3, 0.4) is 0 Å². The lowest BCUT2D eigenvalue weighted by atomic mass is 10.2. The average molecular weight is 452 g/mol. The van der Waals surface area contributed by atoms with E-state index in [1.54, 1.807) is 27.9 Å². The maximum Gasteiger partial charge on any atom is 0.291 e. The molecule has 0 spiro atoms. The summed E-state index contributed by atoms with van der Waals surface area (Å²) in [5.41, 5.74) is 4.33. The molecule has 168 valence electrons. The summed E-state index contributed by atoms with van der Waals surface area (Å²) >= 11 is 0. The van der Waals surface area contributed by atoms with Crippen LogP contribution in [0.4, 0.5) is 0 Å². The number of likely N-dealkylation sites (N-methyl/N-ethyl adjacent to an activating group) is 1. The van der Waals surface area contributed by atoms with Crippen molar-refractivity contribution < 1.29 is 22.8 Å². The van der Waals surface area contributed by atoms with Gasteiger partial charge in [-0.2, -0.15) is 4.31 Å². The van der Waals surface area contributed by atoms with Crippen LogP contribution in [-0.4, -0.2) is 77.5 Å². The predicted octanol–water partition coefficient (Wildman–Crippen LogP) is -0.528. The average Bonchev–Trinajstić information content (AvgIpc) is 3.21. The fourth-order valence-electron chi connectivity index (χ4n) is 2.52. The van der Waals surface area contributed by atoms with Gasteiger partial charge in [-0.1, -0.05) is 25.1 Å². The van der Waals surface area contributed by atoms with Gasteiger partial charge in [0.1, 0.15) is 6.54 Å². The summed E-state index contributed by atoms with van der Waals surface area (Å²) < 4.78 is 27.7. The van der Waals surface area contributed by atoms with Gasteiger partial charge in [0.05, 0.1) is 11.1 Å². The molecule has 0 saturated carbocycles.